The number of rotatable bonds is 5. The molecule has 0 radical (unpaired) electrons. The third-order valence-electron chi connectivity index (χ3n) is 4.64. The second-order valence-corrected chi connectivity index (χ2v) is 7.73. The average molecular weight is 310 g/mol. The maximum absolute atomic E-state index is 12.3. The molecule has 6 heteroatoms. The standard InChI is InChI=1S/C15H22N2O3S/c18-11-12-5-7-17(8-6-12)21(19,20)16-10-14-9-13-3-1-2-4-15(13)14/h1-4,12,14,16,18H,5-11H2. The summed E-state index contributed by atoms with van der Waals surface area (Å²) in [4.78, 5) is 0. The Hall–Kier alpha value is -0.950. The minimum absolute atomic E-state index is 0.153. The molecule has 1 saturated heterocycles. The van der Waals surface area contributed by atoms with E-state index in [1.165, 1.54) is 15.4 Å². The first-order valence-electron chi connectivity index (χ1n) is 7.53. The highest BCUT2D eigenvalue weighted by Gasteiger charge is 2.30. The highest BCUT2D eigenvalue weighted by molar-refractivity contribution is 7.87. The molecule has 21 heavy (non-hydrogen) atoms. The predicted molar refractivity (Wildman–Crippen MR) is 81.2 cm³/mol. The topological polar surface area (TPSA) is 69.6 Å². The van der Waals surface area contributed by atoms with Crippen molar-refractivity contribution in [2.45, 2.75) is 25.2 Å². The molecule has 1 aliphatic heterocycles. The van der Waals surface area contributed by atoms with Gasteiger partial charge in [-0.05, 0) is 36.3 Å². The van der Waals surface area contributed by atoms with E-state index in [1.807, 2.05) is 12.1 Å². The van der Waals surface area contributed by atoms with E-state index < -0.39 is 10.2 Å². The first kappa shape index (κ1) is 15.0. The van der Waals surface area contributed by atoms with Gasteiger partial charge in [-0.25, -0.2) is 4.72 Å². The van der Waals surface area contributed by atoms with Crippen LogP contribution in [0, 0.1) is 5.92 Å². The van der Waals surface area contributed by atoms with Crippen LogP contribution in [0.1, 0.15) is 29.9 Å². The van der Waals surface area contributed by atoms with Crippen LogP contribution < -0.4 is 4.72 Å². The molecule has 0 saturated carbocycles. The molecule has 2 aliphatic rings. The third-order valence-corrected chi connectivity index (χ3v) is 6.22. The fraction of sp³-hybridized carbons (Fsp3) is 0.600. The van der Waals surface area contributed by atoms with Crippen LogP contribution in [-0.2, 0) is 16.6 Å². The molecule has 1 heterocycles. The summed E-state index contributed by atoms with van der Waals surface area (Å²) in [6.07, 6.45) is 2.43. The van der Waals surface area contributed by atoms with Gasteiger partial charge in [0.25, 0.3) is 10.2 Å². The van der Waals surface area contributed by atoms with E-state index in [9.17, 15) is 8.42 Å². The van der Waals surface area contributed by atoms with Gasteiger partial charge >= 0.3 is 0 Å². The van der Waals surface area contributed by atoms with Gasteiger partial charge in [0.15, 0.2) is 0 Å². The summed E-state index contributed by atoms with van der Waals surface area (Å²) in [7, 11) is -3.39. The van der Waals surface area contributed by atoms with Crippen molar-refractivity contribution in [3.63, 3.8) is 0 Å². The minimum atomic E-state index is -3.39. The van der Waals surface area contributed by atoms with Crippen molar-refractivity contribution in [2.75, 3.05) is 26.2 Å². The Balaban J connectivity index is 1.53. The van der Waals surface area contributed by atoms with Crippen LogP contribution in [0.5, 0.6) is 0 Å². The van der Waals surface area contributed by atoms with Crippen molar-refractivity contribution >= 4 is 10.2 Å². The molecule has 0 aromatic heterocycles. The van der Waals surface area contributed by atoms with Gasteiger partial charge < -0.3 is 5.11 Å². The molecule has 1 fully saturated rings. The zero-order valence-corrected chi connectivity index (χ0v) is 12.8. The van der Waals surface area contributed by atoms with E-state index in [4.69, 9.17) is 5.11 Å². The highest BCUT2D eigenvalue weighted by atomic mass is 32.2. The predicted octanol–water partition coefficient (Wildman–Crippen LogP) is 0.865. The van der Waals surface area contributed by atoms with Crippen molar-refractivity contribution in [3.05, 3.63) is 35.4 Å². The van der Waals surface area contributed by atoms with Crippen molar-refractivity contribution in [1.29, 1.82) is 0 Å². The second kappa shape index (κ2) is 6.04. The molecule has 0 spiro atoms. The molecule has 3 rings (SSSR count). The number of piperidine rings is 1. The first-order chi connectivity index (χ1) is 10.1. The molecule has 1 aliphatic carbocycles. The van der Waals surface area contributed by atoms with Crippen LogP contribution >= 0.6 is 0 Å². The minimum Gasteiger partial charge on any atom is -0.396 e. The number of nitrogens with one attached hydrogen (secondary N) is 1. The van der Waals surface area contributed by atoms with Gasteiger partial charge in [0.2, 0.25) is 0 Å². The van der Waals surface area contributed by atoms with Gasteiger partial charge in [0, 0.05) is 32.2 Å². The van der Waals surface area contributed by atoms with Crippen LogP contribution in [0.2, 0.25) is 0 Å². The van der Waals surface area contributed by atoms with Crippen molar-refractivity contribution in [2.24, 2.45) is 5.92 Å². The van der Waals surface area contributed by atoms with Gasteiger partial charge in [0.05, 0.1) is 0 Å². The lowest BCUT2D eigenvalue weighted by atomic mass is 9.78. The zero-order chi connectivity index (χ0) is 14.9. The van der Waals surface area contributed by atoms with E-state index in [2.05, 4.69) is 16.9 Å². The molecular weight excluding hydrogens is 288 g/mol. The Labute approximate surface area is 126 Å². The van der Waals surface area contributed by atoms with Crippen LogP contribution in [0.25, 0.3) is 0 Å². The maximum atomic E-state index is 12.3. The highest BCUT2D eigenvalue weighted by Crippen LogP contribution is 2.34. The summed E-state index contributed by atoms with van der Waals surface area (Å²) in [6.45, 7) is 1.63. The lowest BCUT2D eigenvalue weighted by molar-refractivity contribution is 0.169. The normalized spacial score (nSPS) is 23.6. The van der Waals surface area contributed by atoms with Crippen LogP contribution in [0.15, 0.2) is 24.3 Å². The molecule has 5 nitrogen and oxygen atoms in total. The number of nitrogens with zero attached hydrogens (tertiary/aromatic N) is 1. The van der Waals surface area contributed by atoms with Crippen LogP contribution in [-0.4, -0.2) is 44.1 Å². The Morgan fingerprint density at radius 1 is 1.24 bits per heavy atom. The third kappa shape index (κ3) is 3.13. The summed E-state index contributed by atoms with van der Waals surface area (Å²) in [5.74, 6) is 0.543. The fourth-order valence-electron chi connectivity index (χ4n) is 3.17. The second-order valence-electron chi connectivity index (χ2n) is 5.98. The Kier molecular flexibility index (Phi) is 4.31. The number of aliphatic hydroxyl groups excluding tert-OH is 1. The summed E-state index contributed by atoms with van der Waals surface area (Å²) in [5, 5.41) is 9.11. The van der Waals surface area contributed by atoms with E-state index >= 15 is 0 Å². The van der Waals surface area contributed by atoms with E-state index in [0.29, 0.717) is 25.6 Å². The lowest BCUT2D eigenvalue weighted by Gasteiger charge is -2.33. The largest absolute Gasteiger partial charge is 0.396 e. The average Bonchev–Trinajstić information content (AvgIpc) is 2.48. The van der Waals surface area contributed by atoms with Crippen LogP contribution in [0.4, 0.5) is 0 Å². The Morgan fingerprint density at radius 3 is 2.62 bits per heavy atom. The summed E-state index contributed by atoms with van der Waals surface area (Å²) < 4.78 is 28.8. The van der Waals surface area contributed by atoms with Gasteiger partial charge in [-0.15, -0.1) is 0 Å². The molecular formula is C15H22N2O3S. The van der Waals surface area contributed by atoms with Gasteiger partial charge in [-0.2, -0.15) is 12.7 Å². The van der Waals surface area contributed by atoms with E-state index in [1.54, 1.807) is 0 Å². The molecule has 0 bridgehead atoms. The number of hydrogen-bond donors (Lipinski definition) is 2. The molecule has 0 amide bonds. The summed E-state index contributed by atoms with van der Waals surface area (Å²) in [6, 6.07) is 8.19. The van der Waals surface area contributed by atoms with Crippen molar-refractivity contribution in [1.82, 2.24) is 9.03 Å². The molecule has 1 aromatic rings. The smallest absolute Gasteiger partial charge is 0.279 e. The monoisotopic (exact) mass is 310 g/mol. The number of fused-ring (bicyclic) bond motifs is 1. The van der Waals surface area contributed by atoms with Gasteiger partial charge in [-0.3, -0.25) is 0 Å². The molecule has 1 aromatic carbocycles. The summed E-state index contributed by atoms with van der Waals surface area (Å²) >= 11 is 0. The molecule has 1 unspecified atom stereocenters. The van der Waals surface area contributed by atoms with Gasteiger partial charge in [0.1, 0.15) is 0 Å². The fourth-order valence-corrected chi connectivity index (χ4v) is 4.46. The molecule has 116 valence electrons. The number of hydrogen-bond acceptors (Lipinski definition) is 3. The lowest BCUT2D eigenvalue weighted by Crippen LogP contribution is -2.47. The van der Waals surface area contributed by atoms with Gasteiger partial charge in [-0.1, -0.05) is 24.3 Å². The number of benzene rings is 1. The van der Waals surface area contributed by atoms with E-state index in [-0.39, 0.29) is 12.5 Å². The van der Waals surface area contributed by atoms with Crippen molar-refractivity contribution < 1.29 is 13.5 Å². The van der Waals surface area contributed by atoms with E-state index in [0.717, 1.165) is 19.3 Å². The summed E-state index contributed by atoms with van der Waals surface area (Å²) in [5.41, 5.74) is 2.59. The molecule has 2 N–H and O–H groups in total. The zero-order valence-electron chi connectivity index (χ0n) is 12.0. The molecule has 1 atom stereocenters. The maximum Gasteiger partial charge on any atom is 0.279 e. The Morgan fingerprint density at radius 2 is 1.95 bits per heavy atom. The number of aliphatic hydroxyl groups is 1. The Bertz CT molecular complexity index is 595. The van der Waals surface area contributed by atoms with Crippen LogP contribution in [0.3, 0.4) is 0 Å². The van der Waals surface area contributed by atoms with Crippen molar-refractivity contribution in [3.8, 4) is 0 Å². The first-order valence-corrected chi connectivity index (χ1v) is 8.97. The SMILES string of the molecule is O=S(=O)(NCC1Cc2ccccc21)N1CCC(CO)CC1. The quantitative estimate of drug-likeness (QED) is 0.848.